The second kappa shape index (κ2) is 5.79. The lowest BCUT2D eigenvalue weighted by Gasteiger charge is -2.05. The minimum absolute atomic E-state index is 0.207. The summed E-state index contributed by atoms with van der Waals surface area (Å²) in [4.78, 5) is 9.79. The highest BCUT2D eigenvalue weighted by atomic mass is 35.5. The summed E-state index contributed by atoms with van der Waals surface area (Å²) in [7, 11) is 3.80. The van der Waals surface area contributed by atoms with Crippen LogP contribution in [0, 0.1) is 0 Å². The van der Waals surface area contributed by atoms with Gasteiger partial charge in [-0.05, 0) is 11.8 Å². The Morgan fingerprint density at radius 1 is 1.39 bits per heavy atom. The minimum atomic E-state index is -0.207. The van der Waals surface area contributed by atoms with Gasteiger partial charge in [-0.15, -0.1) is 10.2 Å². The third-order valence-corrected chi connectivity index (χ3v) is 4.49. The highest BCUT2D eigenvalue weighted by Gasteiger charge is 2.13. The molecule has 0 saturated carbocycles. The molecule has 18 heavy (non-hydrogen) atoms. The van der Waals surface area contributed by atoms with Gasteiger partial charge in [-0.1, -0.05) is 22.9 Å². The molecule has 0 spiro atoms. The minimum Gasteiger partial charge on any atom is -0.391 e. The van der Waals surface area contributed by atoms with Crippen molar-refractivity contribution in [3.05, 3.63) is 17.0 Å². The Morgan fingerprint density at radius 2 is 2.17 bits per heavy atom. The van der Waals surface area contributed by atoms with Crippen molar-refractivity contribution in [2.75, 3.05) is 19.0 Å². The first-order valence-electron chi connectivity index (χ1n) is 4.90. The summed E-state index contributed by atoms with van der Waals surface area (Å²) in [6, 6.07) is 0. The van der Waals surface area contributed by atoms with Crippen molar-refractivity contribution in [2.24, 2.45) is 0 Å². The van der Waals surface area contributed by atoms with Crippen LogP contribution in [0.25, 0.3) is 0 Å². The van der Waals surface area contributed by atoms with E-state index in [9.17, 15) is 5.11 Å². The van der Waals surface area contributed by atoms with Gasteiger partial charge < -0.3 is 10.0 Å². The Hall–Kier alpha value is -0.960. The monoisotopic (exact) mass is 303 g/mol. The zero-order chi connectivity index (χ0) is 13.1. The lowest BCUT2D eigenvalue weighted by Crippen LogP contribution is -2.07. The molecule has 0 unspecified atom stereocenters. The predicted molar refractivity (Wildman–Crippen MR) is 71.3 cm³/mol. The molecule has 2 aromatic rings. The summed E-state index contributed by atoms with van der Waals surface area (Å²) in [6.45, 7) is -0.207. The third kappa shape index (κ3) is 2.89. The summed E-state index contributed by atoms with van der Waals surface area (Å²) >= 11 is 8.64. The van der Waals surface area contributed by atoms with Gasteiger partial charge >= 0.3 is 0 Å². The average Bonchev–Trinajstić information content (AvgIpc) is 2.78. The molecule has 0 aliphatic heterocycles. The molecule has 6 nitrogen and oxygen atoms in total. The zero-order valence-electron chi connectivity index (χ0n) is 9.66. The van der Waals surface area contributed by atoms with Crippen LogP contribution in [-0.4, -0.2) is 39.4 Å². The molecule has 0 amide bonds. The maximum atomic E-state index is 9.25. The van der Waals surface area contributed by atoms with Gasteiger partial charge in [-0.2, -0.15) is 0 Å². The molecule has 0 radical (unpaired) electrons. The summed E-state index contributed by atoms with van der Waals surface area (Å²) in [5.41, 5.74) is 0.505. The number of halogens is 1. The van der Waals surface area contributed by atoms with E-state index in [4.69, 9.17) is 11.6 Å². The molecule has 0 fully saturated rings. The Kier molecular flexibility index (Phi) is 4.33. The van der Waals surface area contributed by atoms with E-state index < -0.39 is 0 Å². The van der Waals surface area contributed by atoms with Gasteiger partial charge in [-0.3, -0.25) is 0 Å². The van der Waals surface area contributed by atoms with E-state index in [-0.39, 0.29) is 11.8 Å². The normalized spacial score (nSPS) is 10.7. The molecule has 0 saturated heterocycles. The fraction of sp³-hybridized carbons (Fsp3) is 0.333. The smallest absolute Gasteiger partial charge is 0.208 e. The summed E-state index contributed by atoms with van der Waals surface area (Å²) in [5, 5.41) is 19.0. The standard InChI is InChI=1S/C9H10ClN5OS2/c1-15(2)8-13-14-9(18-8)17-7-5(3-16)6(10)11-4-12-7/h4,16H,3H2,1-2H3. The lowest BCUT2D eigenvalue weighted by atomic mass is 10.4. The Morgan fingerprint density at radius 3 is 2.78 bits per heavy atom. The van der Waals surface area contributed by atoms with E-state index in [0.29, 0.717) is 10.6 Å². The van der Waals surface area contributed by atoms with E-state index in [2.05, 4.69) is 20.2 Å². The Bertz CT molecular complexity index is 548. The molecule has 2 heterocycles. The van der Waals surface area contributed by atoms with Crippen LogP contribution < -0.4 is 4.90 Å². The predicted octanol–water partition coefficient (Wildman–Crippen LogP) is 1.69. The molecule has 0 aliphatic rings. The second-order valence-electron chi connectivity index (χ2n) is 3.45. The third-order valence-electron chi connectivity index (χ3n) is 1.97. The van der Waals surface area contributed by atoms with E-state index in [1.807, 2.05) is 19.0 Å². The molecule has 1 N–H and O–H groups in total. The van der Waals surface area contributed by atoms with Crippen molar-refractivity contribution in [3.8, 4) is 0 Å². The van der Waals surface area contributed by atoms with Gasteiger partial charge in [0.2, 0.25) is 5.13 Å². The number of aromatic nitrogens is 4. The van der Waals surface area contributed by atoms with Crippen LogP contribution >= 0.6 is 34.7 Å². The maximum absolute atomic E-state index is 9.25. The second-order valence-corrected chi connectivity index (χ2v) is 6.00. The number of anilines is 1. The molecule has 0 atom stereocenters. The highest BCUT2D eigenvalue weighted by Crippen LogP contribution is 2.34. The van der Waals surface area contributed by atoms with E-state index in [1.165, 1.54) is 29.4 Å². The van der Waals surface area contributed by atoms with Crippen molar-refractivity contribution >= 4 is 39.8 Å². The quantitative estimate of drug-likeness (QED) is 0.861. The zero-order valence-corrected chi connectivity index (χ0v) is 12.1. The number of hydrogen-bond acceptors (Lipinski definition) is 8. The number of hydrogen-bond donors (Lipinski definition) is 1. The first kappa shape index (κ1) is 13.5. The average molecular weight is 304 g/mol. The fourth-order valence-corrected chi connectivity index (χ4v) is 3.11. The molecule has 0 aliphatic carbocycles. The first-order valence-corrected chi connectivity index (χ1v) is 6.92. The molecular weight excluding hydrogens is 294 g/mol. The molecule has 2 aromatic heterocycles. The van der Waals surface area contributed by atoms with Crippen LogP contribution in [0.3, 0.4) is 0 Å². The topological polar surface area (TPSA) is 75.0 Å². The van der Waals surface area contributed by atoms with E-state index in [1.54, 1.807) is 0 Å². The van der Waals surface area contributed by atoms with Crippen LogP contribution in [0.1, 0.15) is 5.56 Å². The summed E-state index contributed by atoms with van der Waals surface area (Å²) in [6.07, 6.45) is 1.36. The van der Waals surface area contributed by atoms with Gasteiger partial charge in [-0.25, -0.2) is 9.97 Å². The molecule has 96 valence electrons. The summed E-state index contributed by atoms with van der Waals surface area (Å²) in [5.74, 6) is 0. The number of aliphatic hydroxyl groups excluding tert-OH is 1. The molecule has 0 aromatic carbocycles. The van der Waals surface area contributed by atoms with E-state index >= 15 is 0 Å². The Balaban J connectivity index is 2.25. The van der Waals surface area contributed by atoms with Gasteiger partial charge in [0, 0.05) is 19.7 Å². The molecular formula is C9H10ClN5OS2. The van der Waals surface area contributed by atoms with Crippen LogP contribution in [0.5, 0.6) is 0 Å². The van der Waals surface area contributed by atoms with Crippen LogP contribution in [0.4, 0.5) is 5.13 Å². The maximum Gasteiger partial charge on any atom is 0.208 e. The van der Waals surface area contributed by atoms with Crippen molar-refractivity contribution in [3.63, 3.8) is 0 Å². The Labute approximate surface area is 117 Å². The van der Waals surface area contributed by atoms with Crippen molar-refractivity contribution in [2.45, 2.75) is 16.0 Å². The van der Waals surface area contributed by atoms with Gasteiger partial charge in [0.05, 0.1) is 6.61 Å². The number of nitrogens with zero attached hydrogens (tertiary/aromatic N) is 5. The fourth-order valence-electron chi connectivity index (χ4n) is 1.10. The van der Waals surface area contributed by atoms with Gasteiger partial charge in [0.25, 0.3) is 0 Å². The van der Waals surface area contributed by atoms with Gasteiger partial charge in [0.1, 0.15) is 16.5 Å². The molecule has 9 heteroatoms. The van der Waals surface area contributed by atoms with Crippen molar-refractivity contribution in [1.82, 2.24) is 20.2 Å². The SMILES string of the molecule is CN(C)c1nnc(Sc2ncnc(Cl)c2CO)s1. The number of rotatable bonds is 4. The van der Waals surface area contributed by atoms with Gasteiger partial charge in [0.15, 0.2) is 4.34 Å². The highest BCUT2D eigenvalue weighted by molar-refractivity contribution is 8.01. The van der Waals surface area contributed by atoms with Crippen LogP contribution in [0.2, 0.25) is 5.15 Å². The first-order chi connectivity index (χ1) is 8.61. The van der Waals surface area contributed by atoms with Crippen LogP contribution in [-0.2, 0) is 6.61 Å². The van der Waals surface area contributed by atoms with Crippen molar-refractivity contribution < 1.29 is 5.11 Å². The molecule has 0 bridgehead atoms. The van der Waals surface area contributed by atoms with Crippen LogP contribution in [0.15, 0.2) is 15.7 Å². The lowest BCUT2D eigenvalue weighted by molar-refractivity contribution is 0.277. The van der Waals surface area contributed by atoms with E-state index in [0.717, 1.165) is 9.47 Å². The number of aliphatic hydroxyl groups is 1. The summed E-state index contributed by atoms with van der Waals surface area (Å²) < 4.78 is 0.739. The largest absolute Gasteiger partial charge is 0.391 e. The van der Waals surface area contributed by atoms with Crippen molar-refractivity contribution in [1.29, 1.82) is 0 Å². The molecule has 2 rings (SSSR count).